The van der Waals surface area contributed by atoms with E-state index in [9.17, 15) is 8.42 Å². The number of sulfonamides is 1. The van der Waals surface area contributed by atoms with E-state index >= 15 is 0 Å². The number of pyridine rings is 1. The predicted octanol–water partition coefficient (Wildman–Crippen LogP) is 1.91. The molecule has 1 aliphatic rings. The summed E-state index contributed by atoms with van der Waals surface area (Å²) in [6, 6.07) is 3.11. The summed E-state index contributed by atoms with van der Waals surface area (Å²) in [7, 11) is -3.65. The van der Waals surface area contributed by atoms with E-state index in [-0.39, 0.29) is 22.2 Å². The molecule has 6 heteroatoms. The van der Waals surface area contributed by atoms with Crippen LogP contribution < -0.4 is 10.5 Å². The lowest BCUT2D eigenvalue weighted by Crippen LogP contribution is -2.47. The molecule has 5 nitrogen and oxygen atoms in total. The molecule has 1 aromatic rings. The van der Waals surface area contributed by atoms with E-state index < -0.39 is 10.0 Å². The van der Waals surface area contributed by atoms with E-state index in [4.69, 9.17) is 5.73 Å². The maximum absolute atomic E-state index is 12.4. The van der Waals surface area contributed by atoms with Crippen LogP contribution in [-0.4, -0.2) is 19.4 Å². The molecule has 1 fully saturated rings. The number of hydrogen-bond acceptors (Lipinski definition) is 4. The van der Waals surface area contributed by atoms with Gasteiger partial charge in [-0.1, -0.05) is 26.7 Å². The fourth-order valence-corrected chi connectivity index (χ4v) is 4.08. The third kappa shape index (κ3) is 3.06. The Morgan fingerprint density at radius 2 is 2.16 bits per heavy atom. The van der Waals surface area contributed by atoms with Gasteiger partial charge < -0.3 is 5.73 Å². The van der Waals surface area contributed by atoms with Gasteiger partial charge in [0.25, 0.3) is 10.0 Å². The number of nitrogens with zero attached hydrogens (tertiary/aromatic N) is 1. The number of anilines is 1. The number of rotatable bonds is 3. The van der Waals surface area contributed by atoms with Gasteiger partial charge >= 0.3 is 0 Å². The largest absolute Gasteiger partial charge is 0.396 e. The highest BCUT2D eigenvalue weighted by Crippen LogP contribution is 2.36. The Balaban J connectivity index is 2.25. The molecule has 0 aromatic carbocycles. The molecule has 1 heterocycles. The second-order valence-corrected chi connectivity index (χ2v) is 7.44. The molecule has 0 amide bonds. The van der Waals surface area contributed by atoms with Gasteiger partial charge in [0.2, 0.25) is 0 Å². The van der Waals surface area contributed by atoms with Crippen molar-refractivity contribution in [2.24, 2.45) is 5.41 Å². The fraction of sp³-hybridized carbons (Fsp3) is 0.615. The van der Waals surface area contributed by atoms with Crippen molar-refractivity contribution in [3.05, 3.63) is 18.3 Å². The van der Waals surface area contributed by atoms with Crippen LogP contribution in [0.2, 0.25) is 0 Å². The molecule has 106 valence electrons. The molecule has 1 aliphatic carbocycles. The number of hydrogen-bond donors (Lipinski definition) is 2. The zero-order valence-corrected chi connectivity index (χ0v) is 12.2. The number of aromatic nitrogens is 1. The summed E-state index contributed by atoms with van der Waals surface area (Å²) < 4.78 is 27.5. The minimum Gasteiger partial charge on any atom is -0.396 e. The van der Waals surface area contributed by atoms with Gasteiger partial charge in [-0.25, -0.2) is 18.1 Å². The van der Waals surface area contributed by atoms with Crippen LogP contribution in [0.3, 0.4) is 0 Å². The summed E-state index contributed by atoms with van der Waals surface area (Å²) in [5.74, 6) is 0. The van der Waals surface area contributed by atoms with E-state index in [1.165, 1.54) is 6.20 Å². The van der Waals surface area contributed by atoms with Gasteiger partial charge in [-0.15, -0.1) is 0 Å². The molecule has 3 N–H and O–H groups in total. The first kappa shape index (κ1) is 14.3. The normalized spacial score (nSPS) is 23.2. The number of nitrogens with one attached hydrogen (secondary N) is 1. The molecule has 0 bridgehead atoms. The van der Waals surface area contributed by atoms with Crippen molar-refractivity contribution in [1.82, 2.24) is 9.71 Å². The maximum atomic E-state index is 12.4. The lowest BCUT2D eigenvalue weighted by atomic mass is 9.74. The van der Waals surface area contributed by atoms with Crippen LogP contribution >= 0.6 is 0 Å². The van der Waals surface area contributed by atoms with Gasteiger partial charge in [-0.3, -0.25) is 0 Å². The van der Waals surface area contributed by atoms with Crippen LogP contribution in [0.25, 0.3) is 0 Å². The first-order chi connectivity index (χ1) is 8.83. The molecule has 1 unspecified atom stereocenters. The van der Waals surface area contributed by atoms with Gasteiger partial charge in [0.15, 0.2) is 5.03 Å². The van der Waals surface area contributed by atoms with Gasteiger partial charge in [0, 0.05) is 12.2 Å². The van der Waals surface area contributed by atoms with Crippen LogP contribution in [-0.2, 0) is 10.0 Å². The average Bonchev–Trinajstić information content (AvgIpc) is 2.32. The van der Waals surface area contributed by atoms with Crippen molar-refractivity contribution in [2.75, 3.05) is 5.73 Å². The molecule has 2 rings (SSSR count). The Kier molecular flexibility index (Phi) is 3.82. The third-order valence-corrected chi connectivity index (χ3v) is 5.30. The van der Waals surface area contributed by atoms with Crippen LogP contribution in [0.5, 0.6) is 0 Å². The van der Waals surface area contributed by atoms with Gasteiger partial charge in [-0.05, 0) is 30.4 Å². The summed E-state index contributed by atoms with van der Waals surface area (Å²) in [6.07, 6.45) is 5.53. The maximum Gasteiger partial charge on any atom is 0.260 e. The van der Waals surface area contributed by atoms with Crippen molar-refractivity contribution >= 4 is 15.7 Å². The number of nitrogens with two attached hydrogens (primary N) is 1. The molecule has 0 aliphatic heterocycles. The summed E-state index contributed by atoms with van der Waals surface area (Å²) in [5, 5.41) is -0.0728. The van der Waals surface area contributed by atoms with E-state index in [0.717, 1.165) is 25.7 Å². The summed E-state index contributed by atoms with van der Waals surface area (Å²) >= 11 is 0. The highest BCUT2D eigenvalue weighted by atomic mass is 32.2. The molecule has 1 atom stereocenters. The second-order valence-electron chi connectivity index (χ2n) is 5.81. The SMILES string of the molecule is CC1(C)CCCCC1NS(=O)(=O)c1ncccc1N. The highest BCUT2D eigenvalue weighted by molar-refractivity contribution is 7.89. The Morgan fingerprint density at radius 3 is 2.79 bits per heavy atom. The predicted molar refractivity (Wildman–Crippen MR) is 75.0 cm³/mol. The highest BCUT2D eigenvalue weighted by Gasteiger charge is 2.35. The second kappa shape index (κ2) is 5.09. The molecular weight excluding hydrogens is 262 g/mol. The Morgan fingerprint density at radius 1 is 1.42 bits per heavy atom. The quantitative estimate of drug-likeness (QED) is 0.887. The van der Waals surface area contributed by atoms with E-state index in [2.05, 4.69) is 23.6 Å². The molecule has 0 saturated heterocycles. The van der Waals surface area contributed by atoms with Crippen molar-refractivity contribution in [2.45, 2.75) is 50.6 Å². The van der Waals surface area contributed by atoms with E-state index in [1.807, 2.05) is 0 Å². The Labute approximate surface area is 114 Å². The molecule has 1 aromatic heterocycles. The Bertz CT molecular complexity index is 555. The molecule has 0 spiro atoms. The summed E-state index contributed by atoms with van der Waals surface area (Å²) in [4.78, 5) is 3.89. The molecule has 0 radical (unpaired) electrons. The first-order valence-corrected chi connectivity index (χ1v) is 8.04. The monoisotopic (exact) mass is 283 g/mol. The van der Waals surface area contributed by atoms with Crippen molar-refractivity contribution in [3.8, 4) is 0 Å². The van der Waals surface area contributed by atoms with Crippen molar-refractivity contribution in [3.63, 3.8) is 0 Å². The topological polar surface area (TPSA) is 85.1 Å². The van der Waals surface area contributed by atoms with Crippen LogP contribution in [0.15, 0.2) is 23.4 Å². The smallest absolute Gasteiger partial charge is 0.260 e. The van der Waals surface area contributed by atoms with E-state index in [0.29, 0.717) is 0 Å². The summed E-state index contributed by atoms with van der Waals surface area (Å²) in [6.45, 7) is 4.20. The zero-order chi connectivity index (χ0) is 14.1. The van der Waals surface area contributed by atoms with Gasteiger partial charge in [0.05, 0.1) is 5.69 Å². The minimum atomic E-state index is -3.65. The van der Waals surface area contributed by atoms with Crippen molar-refractivity contribution in [1.29, 1.82) is 0 Å². The lowest BCUT2D eigenvalue weighted by Gasteiger charge is -2.38. The van der Waals surface area contributed by atoms with Crippen LogP contribution in [0.1, 0.15) is 39.5 Å². The van der Waals surface area contributed by atoms with Crippen LogP contribution in [0.4, 0.5) is 5.69 Å². The van der Waals surface area contributed by atoms with E-state index in [1.54, 1.807) is 12.1 Å². The lowest BCUT2D eigenvalue weighted by molar-refractivity contribution is 0.188. The van der Waals surface area contributed by atoms with Gasteiger partial charge in [-0.2, -0.15) is 0 Å². The average molecular weight is 283 g/mol. The van der Waals surface area contributed by atoms with Crippen molar-refractivity contribution < 1.29 is 8.42 Å². The molecular formula is C13H21N3O2S. The molecule has 1 saturated carbocycles. The first-order valence-electron chi connectivity index (χ1n) is 6.56. The third-order valence-electron chi connectivity index (χ3n) is 3.86. The zero-order valence-electron chi connectivity index (χ0n) is 11.4. The Hall–Kier alpha value is -1.14. The minimum absolute atomic E-state index is 0.0329. The fourth-order valence-electron chi connectivity index (χ4n) is 2.58. The van der Waals surface area contributed by atoms with Gasteiger partial charge in [0.1, 0.15) is 0 Å². The molecule has 19 heavy (non-hydrogen) atoms. The number of nitrogen functional groups attached to an aromatic ring is 1. The standard InChI is InChI=1S/C13H21N3O2S/c1-13(2)8-4-3-7-11(13)16-19(17,18)12-10(14)6-5-9-15-12/h5-6,9,11,16H,3-4,7-8,14H2,1-2H3. The van der Waals surface area contributed by atoms with Crippen LogP contribution in [0, 0.1) is 5.41 Å². The summed E-state index contributed by atoms with van der Waals surface area (Å²) in [5.41, 5.74) is 5.85.